The van der Waals surface area contributed by atoms with Crippen molar-refractivity contribution in [3.63, 3.8) is 0 Å². The first-order valence-corrected chi connectivity index (χ1v) is 11.5. The predicted octanol–water partition coefficient (Wildman–Crippen LogP) is 4.25. The standard InChI is InChI=1S/C22H29F3N4O2S/c1-14(2)12-17(20(30)31)26-19(22(23,24)25)16-6-4-15(5-7-16)18-13-32-21(27-18)29-10-8-28(3)9-11-29/h4-7,13-14,17,19,26H,8-12H2,1-3H3,(H,30,31)/t17?,19-/m0/s1. The number of carboxylic acids is 1. The van der Waals surface area contributed by atoms with Crippen LogP contribution in [0.3, 0.4) is 0 Å². The number of carbonyl (C=O) groups is 1. The fraction of sp³-hybridized carbons (Fsp3) is 0.545. The first-order chi connectivity index (χ1) is 15.0. The fourth-order valence-electron chi connectivity index (χ4n) is 3.68. The summed E-state index contributed by atoms with van der Waals surface area (Å²) in [4.78, 5) is 20.6. The van der Waals surface area contributed by atoms with Gasteiger partial charge in [-0.1, -0.05) is 38.1 Å². The maximum Gasteiger partial charge on any atom is 0.407 e. The second-order valence-electron chi connectivity index (χ2n) is 8.59. The highest BCUT2D eigenvalue weighted by atomic mass is 32.1. The summed E-state index contributed by atoms with van der Waals surface area (Å²) in [5.41, 5.74) is 1.42. The second kappa shape index (κ2) is 10.2. The molecule has 1 unspecified atom stereocenters. The van der Waals surface area contributed by atoms with Gasteiger partial charge in [-0.05, 0) is 24.9 Å². The van der Waals surface area contributed by atoms with E-state index in [1.54, 1.807) is 26.0 Å². The summed E-state index contributed by atoms with van der Waals surface area (Å²) in [6.07, 6.45) is -4.52. The van der Waals surface area contributed by atoms with Crippen molar-refractivity contribution in [1.82, 2.24) is 15.2 Å². The number of benzene rings is 1. The summed E-state index contributed by atoms with van der Waals surface area (Å²) >= 11 is 1.52. The number of anilines is 1. The molecule has 0 saturated carbocycles. The van der Waals surface area contributed by atoms with Gasteiger partial charge in [-0.25, -0.2) is 4.98 Å². The van der Waals surface area contributed by atoms with Gasteiger partial charge in [0.2, 0.25) is 0 Å². The number of rotatable bonds is 8. The highest BCUT2D eigenvalue weighted by molar-refractivity contribution is 7.14. The van der Waals surface area contributed by atoms with Gasteiger partial charge < -0.3 is 14.9 Å². The van der Waals surface area contributed by atoms with Gasteiger partial charge in [-0.3, -0.25) is 10.1 Å². The average molecular weight is 471 g/mol. The summed E-state index contributed by atoms with van der Waals surface area (Å²) in [5.74, 6) is -1.34. The van der Waals surface area contributed by atoms with E-state index in [2.05, 4.69) is 27.1 Å². The molecule has 0 radical (unpaired) electrons. The molecule has 2 N–H and O–H groups in total. The molecule has 2 atom stereocenters. The van der Waals surface area contributed by atoms with Crippen LogP contribution in [0, 0.1) is 5.92 Å². The maximum atomic E-state index is 13.8. The van der Waals surface area contributed by atoms with Gasteiger partial charge in [-0.2, -0.15) is 13.2 Å². The normalized spacial score (nSPS) is 17.5. The molecule has 0 bridgehead atoms. The first-order valence-electron chi connectivity index (χ1n) is 10.6. The molecule has 6 nitrogen and oxygen atoms in total. The number of hydrogen-bond donors (Lipinski definition) is 2. The first kappa shape index (κ1) is 24.5. The molecule has 0 amide bonds. The lowest BCUT2D eigenvalue weighted by Gasteiger charge is -2.32. The van der Waals surface area contributed by atoms with E-state index in [-0.39, 0.29) is 17.9 Å². The molecule has 176 valence electrons. The third kappa shape index (κ3) is 6.20. The molecule has 1 aromatic carbocycles. The van der Waals surface area contributed by atoms with Crippen molar-refractivity contribution in [3.8, 4) is 11.3 Å². The topological polar surface area (TPSA) is 68.7 Å². The molecule has 0 spiro atoms. The number of piperazine rings is 1. The number of likely N-dealkylation sites (N-methyl/N-ethyl adjacent to an activating group) is 1. The predicted molar refractivity (Wildman–Crippen MR) is 120 cm³/mol. The number of aliphatic carboxylic acids is 1. The van der Waals surface area contributed by atoms with E-state index in [9.17, 15) is 23.1 Å². The van der Waals surface area contributed by atoms with E-state index in [1.807, 2.05) is 5.38 Å². The summed E-state index contributed by atoms with van der Waals surface area (Å²) in [7, 11) is 2.08. The molecule has 1 aliphatic rings. The highest BCUT2D eigenvalue weighted by Crippen LogP contribution is 2.35. The minimum Gasteiger partial charge on any atom is -0.480 e. The van der Waals surface area contributed by atoms with E-state index in [1.165, 1.54) is 23.5 Å². The number of thiazole rings is 1. The Morgan fingerprint density at radius 2 is 1.81 bits per heavy atom. The summed E-state index contributed by atoms with van der Waals surface area (Å²) < 4.78 is 41.3. The van der Waals surface area contributed by atoms with Crippen molar-refractivity contribution in [3.05, 3.63) is 35.2 Å². The number of aromatic nitrogens is 1. The van der Waals surface area contributed by atoms with Gasteiger partial charge >= 0.3 is 12.1 Å². The molecule has 1 aromatic heterocycles. The Bertz CT molecular complexity index is 893. The molecular weight excluding hydrogens is 441 g/mol. The molecule has 1 saturated heterocycles. The van der Waals surface area contributed by atoms with Crippen LogP contribution in [-0.2, 0) is 4.79 Å². The number of nitrogens with one attached hydrogen (secondary N) is 1. The Kier molecular flexibility index (Phi) is 7.79. The van der Waals surface area contributed by atoms with Gasteiger partial charge in [0.15, 0.2) is 5.13 Å². The molecule has 2 heterocycles. The minimum absolute atomic E-state index is 0.0224. The van der Waals surface area contributed by atoms with Crippen molar-refractivity contribution in [2.45, 2.75) is 38.5 Å². The second-order valence-corrected chi connectivity index (χ2v) is 9.43. The molecular formula is C22H29F3N4O2S. The van der Waals surface area contributed by atoms with Gasteiger partial charge in [0.05, 0.1) is 5.69 Å². The fourth-order valence-corrected chi connectivity index (χ4v) is 4.57. The summed E-state index contributed by atoms with van der Waals surface area (Å²) in [5, 5.41) is 14.5. The average Bonchev–Trinajstić information content (AvgIpc) is 3.20. The Labute approximate surface area is 190 Å². The van der Waals surface area contributed by atoms with Crippen molar-refractivity contribution in [2.75, 3.05) is 38.1 Å². The highest BCUT2D eigenvalue weighted by Gasteiger charge is 2.43. The van der Waals surface area contributed by atoms with E-state index >= 15 is 0 Å². The Hall–Kier alpha value is -2.17. The van der Waals surface area contributed by atoms with Crippen LogP contribution >= 0.6 is 11.3 Å². The van der Waals surface area contributed by atoms with E-state index in [4.69, 9.17) is 0 Å². The Balaban J connectivity index is 1.77. The van der Waals surface area contributed by atoms with Crippen LogP contribution in [0.4, 0.5) is 18.3 Å². The lowest BCUT2D eigenvalue weighted by molar-refractivity contribution is -0.163. The third-order valence-electron chi connectivity index (χ3n) is 5.51. The zero-order chi connectivity index (χ0) is 23.5. The van der Waals surface area contributed by atoms with Crippen LogP contribution < -0.4 is 10.2 Å². The Morgan fingerprint density at radius 3 is 2.34 bits per heavy atom. The number of nitrogens with zero attached hydrogens (tertiary/aromatic N) is 3. The van der Waals surface area contributed by atoms with Gasteiger partial charge in [-0.15, -0.1) is 11.3 Å². The van der Waals surface area contributed by atoms with E-state index < -0.39 is 24.2 Å². The number of carboxylic acid groups (broad SMARTS) is 1. The van der Waals surface area contributed by atoms with Crippen LogP contribution in [0.5, 0.6) is 0 Å². The van der Waals surface area contributed by atoms with Crippen LogP contribution in [0.2, 0.25) is 0 Å². The SMILES string of the molecule is CC(C)CC(N[C@@H](c1ccc(-c2csc(N3CCN(C)CC3)n2)cc1)C(F)(F)F)C(=O)O. The van der Waals surface area contributed by atoms with Crippen LogP contribution in [-0.4, -0.2) is 66.4 Å². The molecule has 0 aliphatic carbocycles. The molecule has 32 heavy (non-hydrogen) atoms. The van der Waals surface area contributed by atoms with Crippen molar-refractivity contribution >= 4 is 22.4 Å². The maximum absolute atomic E-state index is 13.8. The van der Waals surface area contributed by atoms with E-state index in [0.717, 1.165) is 42.6 Å². The van der Waals surface area contributed by atoms with Crippen LogP contribution in [0.1, 0.15) is 31.9 Å². The molecule has 2 aromatic rings. The quantitative estimate of drug-likeness (QED) is 0.601. The van der Waals surface area contributed by atoms with Gasteiger partial charge in [0, 0.05) is 37.1 Å². The molecule has 1 aliphatic heterocycles. The third-order valence-corrected chi connectivity index (χ3v) is 6.41. The molecule has 10 heteroatoms. The minimum atomic E-state index is -4.62. The number of hydrogen-bond acceptors (Lipinski definition) is 6. The lowest BCUT2D eigenvalue weighted by atomic mass is 9.99. The summed E-state index contributed by atoms with van der Waals surface area (Å²) in [6.45, 7) is 7.26. The van der Waals surface area contributed by atoms with Crippen LogP contribution in [0.25, 0.3) is 11.3 Å². The zero-order valence-corrected chi connectivity index (χ0v) is 19.2. The number of halogens is 3. The van der Waals surface area contributed by atoms with E-state index in [0.29, 0.717) is 0 Å². The number of alkyl halides is 3. The van der Waals surface area contributed by atoms with Crippen molar-refractivity contribution in [1.29, 1.82) is 0 Å². The van der Waals surface area contributed by atoms with Gasteiger partial charge in [0.25, 0.3) is 0 Å². The Morgan fingerprint density at radius 1 is 1.19 bits per heavy atom. The zero-order valence-electron chi connectivity index (χ0n) is 18.4. The smallest absolute Gasteiger partial charge is 0.407 e. The largest absolute Gasteiger partial charge is 0.480 e. The van der Waals surface area contributed by atoms with Crippen molar-refractivity contribution < 1.29 is 23.1 Å². The van der Waals surface area contributed by atoms with Crippen molar-refractivity contribution in [2.24, 2.45) is 5.92 Å². The monoisotopic (exact) mass is 470 g/mol. The lowest BCUT2D eigenvalue weighted by Crippen LogP contribution is -2.45. The molecule has 1 fully saturated rings. The van der Waals surface area contributed by atoms with Crippen LogP contribution in [0.15, 0.2) is 29.6 Å². The van der Waals surface area contributed by atoms with Gasteiger partial charge in [0.1, 0.15) is 12.1 Å². The summed E-state index contributed by atoms with van der Waals surface area (Å²) in [6, 6.07) is 2.65. The molecule has 3 rings (SSSR count).